The van der Waals surface area contributed by atoms with Gasteiger partial charge in [-0.2, -0.15) is 0 Å². The molecule has 0 aliphatic rings. The summed E-state index contributed by atoms with van der Waals surface area (Å²) in [5.74, 6) is -2.13. The van der Waals surface area contributed by atoms with Crippen molar-refractivity contribution in [2.45, 2.75) is 31.3 Å². The average molecular weight is 595 g/mol. The predicted molar refractivity (Wildman–Crippen MR) is 144 cm³/mol. The number of sulfonamides is 1. The monoisotopic (exact) mass is 594 g/mol. The molecule has 2 heterocycles. The molecular formula is C25H21ClF2N4O5S2. The largest absolute Gasteiger partial charge is 0.455 e. The molecule has 0 saturated heterocycles. The van der Waals surface area contributed by atoms with Crippen molar-refractivity contribution < 1.29 is 31.5 Å². The number of carbonyl (C=O) groups is 1. The second-order valence-electron chi connectivity index (χ2n) is 9.02. The normalized spacial score (nSPS) is 11.7. The number of ether oxygens (including phenoxy) is 2. The number of thiazole rings is 1. The Morgan fingerprint density at radius 1 is 1.08 bits per heavy atom. The van der Waals surface area contributed by atoms with E-state index < -0.39 is 38.2 Å². The van der Waals surface area contributed by atoms with Crippen molar-refractivity contribution in [3.8, 4) is 22.6 Å². The molecule has 0 bridgehead atoms. The van der Waals surface area contributed by atoms with Crippen LogP contribution in [0.5, 0.6) is 11.5 Å². The molecule has 0 fully saturated rings. The number of hydrogen-bond acceptors (Lipinski definition) is 9. The van der Waals surface area contributed by atoms with Crippen LogP contribution in [0.25, 0.3) is 11.1 Å². The van der Waals surface area contributed by atoms with E-state index in [0.29, 0.717) is 5.56 Å². The summed E-state index contributed by atoms with van der Waals surface area (Å²) in [6.07, 6.45) is 0.140. The van der Waals surface area contributed by atoms with Crippen molar-refractivity contribution in [3.05, 3.63) is 76.2 Å². The summed E-state index contributed by atoms with van der Waals surface area (Å²) in [6, 6.07) is 8.21. The van der Waals surface area contributed by atoms with Crippen LogP contribution in [-0.2, 0) is 14.8 Å². The van der Waals surface area contributed by atoms with Crippen molar-refractivity contribution in [1.82, 2.24) is 9.97 Å². The van der Waals surface area contributed by atoms with E-state index in [-0.39, 0.29) is 38.0 Å². The number of nitrogens with two attached hydrogens (primary N) is 1. The quantitative estimate of drug-likeness (QED) is 0.263. The zero-order chi connectivity index (χ0) is 28.5. The van der Waals surface area contributed by atoms with Gasteiger partial charge in [-0.25, -0.2) is 32.0 Å². The van der Waals surface area contributed by atoms with Crippen LogP contribution in [0.1, 0.15) is 20.8 Å². The van der Waals surface area contributed by atoms with Gasteiger partial charge < -0.3 is 15.2 Å². The maximum absolute atomic E-state index is 15.4. The number of pyridine rings is 1. The summed E-state index contributed by atoms with van der Waals surface area (Å²) in [6.45, 7) is 4.64. The third-order valence-corrected chi connectivity index (χ3v) is 7.50. The molecule has 0 aliphatic heterocycles. The van der Waals surface area contributed by atoms with Crippen LogP contribution in [0.4, 0.5) is 25.2 Å². The number of hydrogen-bond donors (Lipinski definition) is 1. The van der Waals surface area contributed by atoms with E-state index in [0.717, 1.165) is 29.5 Å². The number of amides is 1. The molecule has 4 aromatic rings. The summed E-state index contributed by atoms with van der Waals surface area (Å²) >= 11 is 7.34. The Balaban J connectivity index is 1.75. The number of benzene rings is 2. The highest BCUT2D eigenvalue weighted by molar-refractivity contribution is 7.93. The molecule has 0 saturated carbocycles. The lowest BCUT2D eigenvalue weighted by Crippen LogP contribution is -2.41. The number of halogens is 3. The van der Waals surface area contributed by atoms with Gasteiger partial charge in [-0.1, -0.05) is 11.6 Å². The Morgan fingerprint density at radius 3 is 2.46 bits per heavy atom. The van der Waals surface area contributed by atoms with E-state index in [1.807, 2.05) is 0 Å². The van der Waals surface area contributed by atoms with Crippen molar-refractivity contribution in [1.29, 1.82) is 0 Å². The Hall–Kier alpha value is -3.81. The minimum Gasteiger partial charge on any atom is -0.455 e. The number of nitrogen functional groups attached to an aromatic ring is 1. The molecule has 0 spiro atoms. The van der Waals surface area contributed by atoms with Crippen LogP contribution < -0.4 is 14.8 Å². The molecule has 2 aromatic heterocycles. The SMILES string of the molecule is CC(C)(C)OC(=O)N(c1cscn1)S(=O)(=O)c1cc(Cl)c(Oc2ccc(F)cc2-c2ccnc(N)c2)cc1F. The van der Waals surface area contributed by atoms with Gasteiger partial charge in [0.2, 0.25) is 0 Å². The number of rotatable bonds is 6. The number of aromatic nitrogens is 2. The van der Waals surface area contributed by atoms with Gasteiger partial charge in [0.15, 0.2) is 5.82 Å². The summed E-state index contributed by atoms with van der Waals surface area (Å²) in [4.78, 5) is 19.7. The zero-order valence-electron chi connectivity index (χ0n) is 20.7. The first-order valence-corrected chi connectivity index (χ1v) is 13.9. The van der Waals surface area contributed by atoms with E-state index in [1.54, 1.807) is 26.8 Å². The molecule has 2 aromatic carbocycles. The Kier molecular flexibility index (Phi) is 7.77. The van der Waals surface area contributed by atoms with E-state index in [2.05, 4.69) is 9.97 Å². The molecule has 2 N–H and O–H groups in total. The fourth-order valence-electron chi connectivity index (χ4n) is 3.36. The topological polar surface area (TPSA) is 125 Å². The molecular weight excluding hydrogens is 574 g/mol. The third kappa shape index (κ3) is 6.27. The molecule has 204 valence electrons. The van der Waals surface area contributed by atoms with Gasteiger partial charge in [-0.3, -0.25) is 0 Å². The fraction of sp³-hybridized carbons (Fsp3) is 0.160. The fourth-order valence-corrected chi connectivity index (χ4v) is 5.56. The minimum atomic E-state index is -4.88. The van der Waals surface area contributed by atoms with Crippen molar-refractivity contribution >= 4 is 50.7 Å². The van der Waals surface area contributed by atoms with E-state index in [4.69, 9.17) is 26.8 Å². The maximum Gasteiger partial charge on any atom is 0.430 e. The lowest BCUT2D eigenvalue weighted by molar-refractivity contribution is 0.0608. The van der Waals surface area contributed by atoms with E-state index in [9.17, 15) is 17.6 Å². The van der Waals surface area contributed by atoms with Gasteiger partial charge in [0.25, 0.3) is 10.0 Å². The molecule has 0 atom stereocenters. The second kappa shape index (κ2) is 10.8. The highest BCUT2D eigenvalue weighted by Crippen LogP contribution is 2.39. The van der Waals surface area contributed by atoms with Crippen LogP contribution in [-0.4, -0.2) is 30.1 Å². The zero-order valence-corrected chi connectivity index (χ0v) is 23.1. The number of carbonyl (C=O) groups excluding carboxylic acids is 1. The molecule has 0 unspecified atom stereocenters. The summed E-state index contributed by atoms with van der Waals surface area (Å²) < 4.78 is 67.7. The van der Waals surface area contributed by atoms with Crippen LogP contribution >= 0.6 is 22.9 Å². The van der Waals surface area contributed by atoms with E-state index in [1.165, 1.54) is 35.3 Å². The van der Waals surface area contributed by atoms with Crippen LogP contribution in [0, 0.1) is 11.6 Å². The summed E-state index contributed by atoms with van der Waals surface area (Å²) in [7, 11) is -4.88. The molecule has 14 heteroatoms. The van der Waals surface area contributed by atoms with E-state index >= 15 is 4.39 Å². The predicted octanol–water partition coefficient (Wildman–Crippen LogP) is 6.64. The third-order valence-electron chi connectivity index (χ3n) is 4.94. The lowest BCUT2D eigenvalue weighted by Gasteiger charge is -2.26. The second-order valence-corrected chi connectivity index (χ2v) is 11.9. The molecule has 0 aliphatic carbocycles. The average Bonchev–Trinajstić information content (AvgIpc) is 3.35. The van der Waals surface area contributed by atoms with Gasteiger partial charge in [-0.15, -0.1) is 15.6 Å². The molecule has 9 nitrogen and oxygen atoms in total. The van der Waals surface area contributed by atoms with Crippen LogP contribution in [0.2, 0.25) is 5.02 Å². The van der Waals surface area contributed by atoms with Crippen molar-refractivity contribution in [2.75, 3.05) is 10.0 Å². The Morgan fingerprint density at radius 2 is 1.82 bits per heavy atom. The first-order valence-electron chi connectivity index (χ1n) is 11.1. The van der Waals surface area contributed by atoms with Crippen molar-refractivity contribution in [3.63, 3.8) is 0 Å². The van der Waals surface area contributed by atoms with Gasteiger partial charge in [0, 0.05) is 23.2 Å². The number of nitrogens with zero attached hydrogens (tertiary/aromatic N) is 3. The molecule has 1 amide bonds. The van der Waals surface area contributed by atoms with Crippen molar-refractivity contribution in [2.24, 2.45) is 0 Å². The highest BCUT2D eigenvalue weighted by atomic mass is 35.5. The molecule has 39 heavy (non-hydrogen) atoms. The first kappa shape index (κ1) is 28.2. The Labute approximate surface area is 231 Å². The van der Waals surface area contributed by atoms with Crippen LogP contribution in [0.3, 0.4) is 0 Å². The molecule has 0 radical (unpaired) electrons. The lowest BCUT2D eigenvalue weighted by atomic mass is 10.1. The van der Waals surface area contributed by atoms with Gasteiger partial charge in [0.1, 0.15) is 39.4 Å². The maximum atomic E-state index is 15.4. The van der Waals surface area contributed by atoms with Crippen LogP contribution in [0.15, 0.2) is 64.4 Å². The first-order chi connectivity index (χ1) is 18.3. The summed E-state index contributed by atoms with van der Waals surface area (Å²) in [5, 5.41) is 0.988. The Bertz CT molecular complexity index is 1640. The van der Waals surface area contributed by atoms with Gasteiger partial charge >= 0.3 is 6.09 Å². The highest BCUT2D eigenvalue weighted by Gasteiger charge is 2.38. The van der Waals surface area contributed by atoms with Gasteiger partial charge in [0.05, 0.1) is 10.5 Å². The summed E-state index contributed by atoms with van der Waals surface area (Å²) in [5.41, 5.74) is 6.71. The minimum absolute atomic E-state index is 0.0803. The molecule has 4 rings (SSSR count). The standard InChI is InChI=1S/C25H21ClF2N4O5S2/c1-25(2,3)37-24(33)32(23-12-38-13-31-23)39(34,35)21-10-17(26)20(11-18(21)28)36-19-5-4-15(27)9-16(19)14-6-7-30-22(29)8-14/h4-13H,1-3H3,(H2,29,30). The smallest absolute Gasteiger partial charge is 0.430 e. The number of anilines is 2. The van der Waals surface area contributed by atoms with Gasteiger partial charge in [-0.05, 0) is 62.7 Å².